The standard InChI is InChI=1S/C10H20N2/c1-7-8(2)9(11-6)12-10(3,4)5/h7H,1-6H3,(H,11,12)/b8-7+. The molecule has 0 aliphatic rings. The third-order valence-corrected chi connectivity index (χ3v) is 1.52. The molecule has 0 aromatic heterocycles. The normalized spacial score (nSPS) is 14.8. The summed E-state index contributed by atoms with van der Waals surface area (Å²) < 4.78 is 0. The van der Waals surface area contributed by atoms with E-state index < -0.39 is 0 Å². The van der Waals surface area contributed by atoms with Crippen molar-refractivity contribution in [3.63, 3.8) is 0 Å². The minimum absolute atomic E-state index is 0.0825. The molecule has 12 heavy (non-hydrogen) atoms. The van der Waals surface area contributed by atoms with Crippen LogP contribution in [0.5, 0.6) is 0 Å². The molecule has 0 heterocycles. The summed E-state index contributed by atoms with van der Waals surface area (Å²) in [5, 5.41) is 3.34. The second-order valence-corrected chi connectivity index (χ2v) is 3.92. The lowest BCUT2D eigenvalue weighted by Crippen LogP contribution is -2.41. The first-order valence-corrected chi connectivity index (χ1v) is 4.29. The summed E-state index contributed by atoms with van der Waals surface area (Å²) in [6.07, 6.45) is 2.06. The van der Waals surface area contributed by atoms with E-state index in [1.807, 2.05) is 6.92 Å². The number of nitrogens with zero attached hydrogens (tertiary/aromatic N) is 1. The number of allylic oxidation sites excluding steroid dienone is 1. The summed E-state index contributed by atoms with van der Waals surface area (Å²) in [5.74, 6) is 0.977. The Labute approximate surface area is 75.8 Å². The summed E-state index contributed by atoms with van der Waals surface area (Å²) in [5.41, 5.74) is 1.27. The third-order valence-electron chi connectivity index (χ3n) is 1.52. The Hall–Kier alpha value is -0.790. The van der Waals surface area contributed by atoms with Crippen LogP contribution in [0.25, 0.3) is 0 Å². The van der Waals surface area contributed by atoms with Crippen molar-refractivity contribution < 1.29 is 0 Å². The zero-order valence-electron chi connectivity index (χ0n) is 9.02. The van der Waals surface area contributed by atoms with Gasteiger partial charge in [-0.25, -0.2) is 0 Å². The summed E-state index contributed by atoms with van der Waals surface area (Å²) in [6, 6.07) is 0. The van der Waals surface area contributed by atoms with Crippen molar-refractivity contribution in [3.05, 3.63) is 11.6 Å². The lowest BCUT2D eigenvalue weighted by Gasteiger charge is -2.23. The molecular weight excluding hydrogens is 148 g/mol. The van der Waals surface area contributed by atoms with E-state index in [9.17, 15) is 0 Å². The van der Waals surface area contributed by atoms with E-state index >= 15 is 0 Å². The molecule has 2 heteroatoms. The van der Waals surface area contributed by atoms with Gasteiger partial charge in [0.25, 0.3) is 0 Å². The highest BCUT2D eigenvalue weighted by molar-refractivity contribution is 5.97. The van der Waals surface area contributed by atoms with Crippen LogP contribution in [0.4, 0.5) is 0 Å². The molecule has 0 aromatic carbocycles. The molecule has 0 atom stereocenters. The van der Waals surface area contributed by atoms with E-state index in [-0.39, 0.29) is 5.54 Å². The van der Waals surface area contributed by atoms with Gasteiger partial charge in [0.15, 0.2) is 0 Å². The first-order valence-electron chi connectivity index (χ1n) is 4.29. The Morgan fingerprint density at radius 2 is 1.83 bits per heavy atom. The smallest absolute Gasteiger partial charge is 0.123 e. The van der Waals surface area contributed by atoms with E-state index in [2.05, 4.69) is 44.1 Å². The van der Waals surface area contributed by atoms with Gasteiger partial charge in [-0.05, 0) is 40.2 Å². The predicted molar refractivity (Wildman–Crippen MR) is 55.7 cm³/mol. The average molecular weight is 168 g/mol. The molecule has 70 valence electrons. The molecule has 0 rings (SSSR count). The number of aliphatic imine (C=N–C) groups is 1. The van der Waals surface area contributed by atoms with Crippen molar-refractivity contribution >= 4 is 5.84 Å². The van der Waals surface area contributed by atoms with E-state index in [0.29, 0.717) is 0 Å². The van der Waals surface area contributed by atoms with Crippen LogP contribution in [-0.2, 0) is 0 Å². The van der Waals surface area contributed by atoms with Crippen molar-refractivity contribution in [2.75, 3.05) is 7.05 Å². The van der Waals surface area contributed by atoms with Gasteiger partial charge in [0.05, 0.1) is 0 Å². The Morgan fingerprint density at radius 3 is 2.08 bits per heavy atom. The Morgan fingerprint density at radius 1 is 1.33 bits per heavy atom. The van der Waals surface area contributed by atoms with Gasteiger partial charge in [-0.1, -0.05) is 6.08 Å². The van der Waals surface area contributed by atoms with E-state index in [4.69, 9.17) is 0 Å². The molecule has 0 amide bonds. The van der Waals surface area contributed by atoms with Gasteiger partial charge in [0.1, 0.15) is 5.84 Å². The number of hydrogen-bond donors (Lipinski definition) is 1. The zero-order valence-corrected chi connectivity index (χ0v) is 9.02. The van der Waals surface area contributed by atoms with Gasteiger partial charge in [-0.2, -0.15) is 0 Å². The Balaban J connectivity index is 4.43. The van der Waals surface area contributed by atoms with Gasteiger partial charge in [0, 0.05) is 12.6 Å². The minimum atomic E-state index is 0.0825. The maximum atomic E-state index is 4.18. The van der Waals surface area contributed by atoms with Gasteiger partial charge in [0.2, 0.25) is 0 Å². The maximum Gasteiger partial charge on any atom is 0.123 e. The molecule has 0 aliphatic heterocycles. The first kappa shape index (κ1) is 11.2. The van der Waals surface area contributed by atoms with Crippen LogP contribution < -0.4 is 5.32 Å². The minimum Gasteiger partial charge on any atom is -0.366 e. The van der Waals surface area contributed by atoms with Gasteiger partial charge >= 0.3 is 0 Å². The fourth-order valence-corrected chi connectivity index (χ4v) is 0.823. The summed E-state index contributed by atoms with van der Waals surface area (Å²) in [7, 11) is 1.81. The fourth-order valence-electron chi connectivity index (χ4n) is 0.823. The van der Waals surface area contributed by atoms with Crippen molar-refractivity contribution in [1.29, 1.82) is 0 Å². The Kier molecular flexibility index (Phi) is 4.01. The molecule has 0 radical (unpaired) electrons. The van der Waals surface area contributed by atoms with Crippen molar-refractivity contribution in [1.82, 2.24) is 5.32 Å². The molecule has 0 bridgehead atoms. The van der Waals surface area contributed by atoms with Crippen LogP contribution in [0.3, 0.4) is 0 Å². The number of nitrogens with one attached hydrogen (secondary N) is 1. The lowest BCUT2D eigenvalue weighted by molar-refractivity contribution is 0.511. The zero-order chi connectivity index (χ0) is 9.78. The molecule has 0 saturated heterocycles. The summed E-state index contributed by atoms with van der Waals surface area (Å²) in [4.78, 5) is 4.18. The van der Waals surface area contributed by atoms with Crippen molar-refractivity contribution in [3.8, 4) is 0 Å². The highest BCUT2D eigenvalue weighted by Crippen LogP contribution is 2.03. The molecule has 2 nitrogen and oxygen atoms in total. The second-order valence-electron chi connectivity index (χ2n) is 3.92. The number of rotatable bonds is 1. The molecule has 0 unspecified atom stereocenters. The lowest BCUT2D eigenvalue weighted by atomic mass is 10.1. The van der Waals surface area contributed by atoms with Gasteiger partial charge < -0.3 is 5.32 Å². The summed E-state index contributed by atoms with van der Waals surface area (Å²) in [6.45, 7) is 10.5. The highest BCUT2D eigenvalue weighted by Gasteiger charge is 2.11. The third kappa shape index (κ3) is 4.16. The predicted octanol–water partition coefficient (Wildman–Crippen LogP) is 2.37. The molecule has 0 fully saturated rings. The number of hydrogen-bond acceptors (Lipinski definition) is 1. The summed E-state index contributed by atoms with van der Waals surface area (Å²) >= 11 is 0. The monoisotopic (exact) mass is 168 g/mol. The van der Waals surface area contributed by atoms with Gasteiger partial charge in [-0.15, -0.1) is 0 Å². The molecule has 1 N–H and O–H groups in total. The molecule has 0 spiro atoms. The largest absolute Gasteiger partial charge is 0.366 e. The van der Waals surface area contributed by atoms with E-state index in [1.54, 1.807) is 7.05 Å². The van der Waals surface area contributed by atoms with Crippen LogP contribution in [0.1, 0.15) is 34.6 Å². The highest BCUT2D eigenvalue weighted by atomic mass is 15.0. The van der Waals surface area contributed by atoms with E-state index in [0.717, 1.165) is 5.84 Å². The average Bonchev–Trinajstić information content (AvgIpc) is 1.97. The van der Waals surface area contributed by atoms with Crippen LogP contribution in [0, 0.1) is 0 Å². The topological polar surface area (TPSA) is 24.4 Å². The molecule has 0 aliphatic carbocycles. The van der Waals surface area contributed by atoms with Crippen LogP contribution in [0.2, 0.25) is 0 Å². The number of amidine groups is 1. The molecular formula is C10H20N2. The Bertz CT molecular complexity index is 194. The SMILES string of the molecule is C/C=C(\C)C(=NC)NC(C)(C)C. The van der Waals surface area contributed by atoms with Gasteiger partial charge in [-0.3, -0.25) is 4.99 Å². The maximum absolute atomic E-state index is 4.18. The van der Waals surface area contributed by atoms with E-state index in [1.165, 1.54) is 5.57 Å². The van der Waals surface area contributed by atoms with Crippen LogP contribution in [-0.4, -0.2) is 18.4 Å². The fraction of sp³-hybridized carbons (Fsp3) is 0.700. The quantitative estimate of drug-likeness (QED) is 0.472. The van der Waals surface area contributed by atoms with Crippen LogP contribution >= 0.6 is 0 Å². The molecule has 0 saturated carbocycles. The molecule has 0 aromatic rings. The van der Waals surface area contributed by atoms with Crippen molar-refractivity contribution in [2.24, 2.45) is 4.99 Å². The van der Waals surface area contributed by atoms with Crippen LogP contribution in [0.15, 0.2) is 16.6 Å². The van der Waals surface area contributed by atoms with Crippen molar-refractivity contribution in [2.45, 2.75) is 40.2 Å². The first-order chi connectivity index (χ1) is 5.40. The second kappa shape index (κ2) is 4.29.